The highest BCUT2D eigenvalue weighted by atomic mass is 31.2. The lowest BCUT2D eigenvalue weighted by Gasteiger charge is -2.16. The van der Waals surface area contributed by atoms with Crippen LogP contribution < -0.4 is 16.0 Å². The molecule has 1 aliphatic carbocycles. The second-order valence-electron chi connectivity index (χ2n) is 8.39. The second kappa shape index (κ2) is 13.4. The van der Waals surface area contributed by atoms with E-state index in [1.807, 2.05) is 31.2 Å². The predicted octanol–water partition coefficient (Wildman–Crippen LogP) is 4.64. The average Bonchev–Trinajstić information content (AvgIpc) is 3.26. The fraction of sp³-hybridized carbons (Fsp3) is 0.583. The Labute approximate surface area is 191 Å². The van der Waals surface area contributed by atoms with E-state index < -0.39 is 7.37 Å². The van der Waals surface area contributed by atoms with Crippen LogP contribution in [0.2, 0.25) is 0 Å². The first-order chi connectivity index (χ1) is 15.4. The first-order valence-corrected chi connectivity index (χ1v) is 13.6. The molecule has 0 fully saturated rings. The maximum absolute atomic E-state index is 12.4. The van der Waals surface area contributed by atoms with Crippen molar-refractivity contribution in [2.75, 3.05) is 25.1 Å². The van der Waals surface area contributed by atoms with Crippen LogP contribution in [0.3, 0.4) is 0 Å². The number of anilines is 1. The van der Waals surface area contributed by atoms with E-state index in [1.165, 1.54) is 0 Å². The second-order valence-corrected chi connectivity index (χ2v) is 10.8. The van der Waals surface area contributed by atoms with Crippen LogP contribution in [0.1, 0.15) is 75.1 Å². The maximum Gasteiger partial charge on any atom is 0.253 e. The highest BCUT2D eigenvalue weighted by Gasteiger charge is 2.30. The molecule has 0 saturated heterocycles. The smallest absolute Gasteiger partial charge is 0.253 e. The van der Waals surface area contributed by atoms with E-state index in [0.29, 0.717) is 42.8 Å². The Morgan fingerprint density at radius 3 is 2.62 bits per heavy atom. The molecule has 0 saturated carbocycles. The molecule has 1 unspecified atom stereocenters. The number of hydrogen-bond donors (Lipinski definition) is 4. The summed E-state index contributed by atoms with van der Waals surface area (Å²) in [5, 5.41) is 9.58. The number of amides is 2. The summed E-state index contributed by atoms with van der Waals surface area (Å²) < 4.78 is 12.4. The predicted molar refractivity (Wildman–Crippen MR) is 130 cm³/mol. The quantitative estimate of drug-likeness (QED) is 0.237. The van der Waals surface area contributed by atoms with Crippen molar-refractivity contribution in [3.05, 3.63) is 41.2 Å². The summed E-state index contributed by atoms with van der Waals surface area (Å²) in [6.07, 6.45) is 8.93. The summed E-state index contributed by atoms with van der Waals surface area (Å²) in [7, 11) is -1.44. The zero-order valence-electron chi connectivity index (χ0n) is 19.4. The van der Waals surface area contributed by atoms with E-state index >= 15 is 0 Å². The third-order valence-corrected chi connectivity index (χ3v) is 7.96. The molecule has 1 aliphatic rings. The van der Waals surface area contributed by atoms with Gasteiger partial charge < -0.3 is 20.8 Å². The third-order valence-electron chi connectivity index (χ3n) is 5.78. The molecule has 0 aromatic heterocycles. The molecule has 7 nitrogen and oxygen atoms in total. The van der Waals surface area contributed by atoms with Crippen molar-refractivity contribution < 1.29 is 19.0 Å². The van der Waals surface area contributed by atoms with Gasteiger partial charge >= 0.3 is 0 Å². The topological polar surface area (TPSA) is 108 Å². The zero-order valence-corrected chi connectivity index (χ0v) is 20.3. The Kier molecular flexibility index (Phi) is 11.0. The number of para-hydroxylation sites is 1. The minimum atomic E-state index is -3.23. The van der Waals surface area contributed by atoms with E-state index in [0.717, 1.165) is 44.2 Å². The molecule has 32 heavy (non-hydrogen) atoms. The van der Waals surface area contributed by atoms with Crippen LogP contribution in [0.25, 0.3) is 0 Å². The molecule has 0 heterocycles. The van der Waals surface area contributed by atoms with Gasteiger partial charge in [-0.3, -0.25) is 14.2 Å². The molecular formula is C24H38N3O4P. The summed E-state index contributed by atoms with van der Waals surface area (Å²) in [6.45, 7) is 2.62. The van der Waals surface area contributed by atoms with Gasteiger partial charge in [-0.1, -0.05) is 44.4 Å². The monoisotopic (exact) mass is 463 g/mol. The number of carbonyl (C=O) groups is 2. The fourth-order valence-electron chi connectivity index (χ4n) is 3.87. The third kappa shape index (κ3) is 8.44. The van der Waals surface area contributed by atoms with Gasteiger partial charge in [-0.05, 0) is 44.2 Å². The minimum Gasteiger partial charge on any atom is -0.387 e. The van der Waals surface area contributed by atoms with Gasteiger partial charge in [-0.2, -0.15) is 0 Å². The summed E-state index contributed by atoms with van der Waals surface area (Å²) in [5.74, 6) is -0.0797. The van der Waals surface area contributed by atoms with E-state index in [4.69, 9.17) is 0 Å². The normalized spacial score (nSPS) is 17.3. The Morgan fingerprint density at radius 2 is 1.88 bits per heavy atom. The van der Waals surface area contributed by atoms with Crippen LogP contribution in [0, 0.1) is 0 Å². The Bertz CT molecular complexity index is 840. The van der Waals surface area contributed by atoms with Gasteiger partial charge in [-0.15, -0.1) is 0 Å². The van der Waals surface area contributed by atoms with E-state index in [2.05, 4.69) is 16.0 Å². The van der Waals surface area contributed by atoms with Crippen molar-refractivity contribution in [1.29, 1.82) is 0 Å². The number of carbonyl (C=O) groups excluding carboxylic acids is 2. The summed E-state index contributed by atoms with van der Waals surface area (Å²) in [5.41, 5.74) is 1.45. The molecule has 0 spiro atoms. The summed E-state index contributed by atoms with van der Waals surface area (Å²) in [6, 6.07) is 7.34. The molecule has 178 valence electrons. The lowest BCUT2D eigenvalue weighted by Crippen LogP contribution is -2.32. The molecule has 0 aliphatic heterocycles. The molecule has 4 N–H and O–H groups in total. The van der Waals surface area contributed by atoms with Crippen LogP contribution in [0.5, 0.6) is 0 Å². The number of benzene rings is 1. The molecule has 0 bridgehead atoms. The molecule has 2 rings (SSSR count). The van der Waals surface area contributed by atoms with Crippen LogP contribution in [-0.2, 0) is 9.36 Å². The van der Waals surface area contributed by atoms with Gasteiger partial charge in [-0.25, -0.2) is 0 Å². The van der Waals surface area contributed by atoms with Crippen LogP contribution >= 0.6 is 7.37 Å². The first-order valence-electron chi connectivity index (χ1n) is 11.7. The summed E-state index contributed by atoms with van der Waals surface area (Å²) in [4.78, 5) is 34.7. The average molecular weight is 464 g/mol. The molecule has 1 aromatic carbocycles. The van der Waals surface area contributed by atoms with Crippen molar-refractivity contribution in [3.8, 4) is 0 Å². The lowest BCUT2D eigenvalue weighted by molar-refractivity contribution is -0.121. The first kappa shape index (κ1) is 26.1. The van der Waals surface area contributed by atoms with Gasteiger partial charge in [0.2, 0.25) is 13.3 Å². The minimum absolute atomic E-state index is 0.00274. The van der Waals surface area contributed by atoms with Crippen LogP contribution in [0.15, 0.2) is 35.7 Å². The molecule has 2 amide bonds. The van der Waals surface area contributed by atoms with Gasteiger partial charge in [0, 0.05) is 43.2 Å². The van der Waals surface area contributed by atoms with Gasteiger partial charge in [0.25, 0.3) is 5.91 Å². The SMILES string of the molecule is CCCCP(=O)(O)C1=CC[C@H](NC(=O)CCCCCCNC(=O)c2ccccc2NC)C1. The number of nitrogens with one attached hydrogen (secondary N) is 3. The zero-order chi connectivity index (χ0) is 23.4. The standard InChI is InChI=1S/C24H38N3O4P/c1-3-4-17-32(30,31)20-15-14-19(18-20)27-23(28)13-7-5-6-10-16-26-24(29)21-11-8-9-12-22(21)25-2/h8-9,11-12,15,19,25H,3-7,10,13-14,16-18H2,1-2H3,(H,26,29)(H,27,28)(H,30,31)/t19-/m0/s1. The van der Waals surface area contributed by atoms with E-state index in [9.17, 15) is 19.0 Å². The van der Waals surface area contributed by atoms with Crippen LogP contribution in [-0.4, -0.2) is 42.5 Å². The number of hydrogen-bond acceptors (Lipinski definition) is 4. The Hall–Kier alpha value is -2.11. The van der Waals surface area contributed by atoms with Crippen molar-refractivity contribution in [3.63, 3.8) is 0 Å². The van der Waals surface area contributed by atoms with Crippen molar-refractivity contribution >= 4 is 24.9 Å². The molecule has 8 heteroatoms. The molecule has 1 aromatic rings. The number of rotatable bonds is 14. The highest BCUT2D eigenvalue weighted by Crippen LogP contribution is 2.54. The molecule has 2 atom stereocenters. The fourth-order valence-corrected chi connectivity index (χ4v) is 5.80. The van der Waals surface area contributed by atoms with Crippen molar-refractivity contribution in [2.24, 2.45) is 0 Å². The van der Waals surface area contributed by atoms with Gasteiger partial charge in [0.05, 0.1) is 5.56 Å². The van der Waals surface area contributed by atoms with Crippen molar-refractivity contribution in [1.82, 2.24) is 10.6 Å². The molecular weight excluding hydrogens is 425 g/mol. The van der Waals surface area contributed by atoms with E-state index in [-0.39, 0.29) is 17.9 Å². The van der Waals surface area contributed by atoms with Gasteiger partial charge in [0.15, 0.2) is 0 Å². The van der Waals surface area contributed by atoms with Crippen molar-refractivity contribution in [2.45, 2.75) is 70.8 Å². The molecule has 0 radical (unpaired) electrons. The maximum atomic E-state index is 12.4. The van der Waals surface area contributed by atoms with E-state index in [1.54, 1.807) is 13.1 Å². The number of unbranched alkanes of at least 4 members (excludes halogenated alkanes) is 4. The highest BCUT2D eigenvalue weighted by molar-refractivity contribution is 7.62. The largest absolute Gasteiger partial charge is 0.387 e. The lowest BCUT2D eigenvalue weighted by atomic mass is 10.1. The Morgan fingerprint density at radius 1 is 1.12 bits per heavy atom. The summed E-state index contributed by atoms with van der Waals surface area (Å²) >= 11 is 0. The Balaban J connectivity index is 1.55. The van der Waals surface area contributed by atoms with Crippen LogP contribution in [0.4, 0.5) is 5.69 Å². The van der Waals surface area contributed by atoms with Gasteiger partial charge in [0.1, 0.15) is 0 Å².